The third-order valence-electron chi connectivity index (χ3n) is 2.26. The molecule has 19 heavy (non-hydrogen) atoms. The highest BCUT2D eigenvalue weighted by molar-refractivity contribution is 5.77. The molecule has 0 aliphatic heterocycles. The highest BCUT2D eigenvalue weighted by Gasteiger charge is 2.06. The number of aromatic nitrogens is 3. The molecule has 0 spiro atoms. The summed E-state index contributed by atoms with van der Waals surface area (Å²) in [7, 11) is 0. The molecule has 1 rings (SSSR count). The lowest BCUT2D eigenvalue weighted by Gasteiger charge is -2.07. The molecule has 0 bridgehead atoms. The lowest BCUT2D eigenvalue weighted by atomic mass is 10.3. The van der Waals surface area contributed by atoms with Gasteiger partial charge in [0.1, 0.15) is 5.69 Å². The van der Waals surface area contributed by atoms with Gasteiger partial charge in [-0.05, 0) is 13.8 Å². The Morgan fingerprint density at radius 3 is 2.79 bits per heavy atom. The second kappa shape index (κ2) is 7.47. The van der Waals surface area contributed by atoms with Crippen LogP contribution in [0.4, 0.5) is 0 Å². The number of amides is 2. The van der Waals surface area contributed by atoms with Crippen molar-refractivity contribution in [3.8, 4) is 0 Å². The second-order valence-corrected chi connectivity index (χ2v) is 4.43. The van der Waals surface area contributed by atoms with Crippen LogP contribution in [-0.4, -0.2) is 39.4 Å². The SMILES string of the molecule is CC(C)NC(=O)CCn1cc(CNC(=O)CN)nn1. The molecule has 0 aromatic carbocycles. The monoisotopic (exact) mass is 268 g/mol. The largest absolute Gasteiger partial charge is 0.354 e. The summed E-state index contributed by atoms with van der Waals surface area (Å²) in [5.74, 6) is -0.269. The lowest BCUT2D eigenvalue weighted by Crippen LogP contribution is -2.30. The predicted molar refractivity (Wildman–Crippen MR) is 68.8 cm³/mol. The molecule has 2 amide bonds. The molecule has 1 heterocycles. The summed E-state index contributed by atoms with van der Waals surface area (Å²) in [5, 5.41) is 13.2. The number of nitrogens with two attached hydrogens (primary N) is 1. The summed E-state index contributed by atoms with van der Waals surface area (Å²) in [5.41, 5.74) is 5.79. The first kappa shape index (κ1) is 15.1. The van der Waals surface area contributed by atoms with Crippen molar-refractivity contribution < 1.29 is 9.59 Å². The zero-order chi connectivity index (χ0) is 14.3. The van der Waals surface area contributed by atoms with Gasteiger partial charge >= 0.3 is 0 Å². The number of rotatable bonds is 7. The number of carbonyl (C=O) groups is 2. The molecule has 0 saturated heterocycles. The van der Waals surface area contributed by atoms with Gasteiger partial charge in [-0.1, -0.05) is 5.21 Å². The van der Waals surface area contributed by atoms with Gasteiger partial charge in [0.15, 0.2) is 0 Å². The van der Waals surface area contributed by atoms with Gasteiger partial charge in [-0.2, -0.15) is 0 Å². The van der Waals surface area contributed by atoms with Crippen LogP contribution in [-0.2, 0) is 22.7 Å². The van der Waals surface area contributed by atoms with E-state index in [1.807, 2.05) is 13.8 Å². The van der Waals surface area contributed by atoms with Crippen LogP contribution in [0.25, 0.3) is 0 Å². The van der Waals surface area contributed by atoms with E-state index in [2.05, 4.69) is 20.9 Å². The second-order valence-electron chi connectivity index (χ2n) is 4.43. The molecule has 8 heteroatoms. The molecule has 0 fully saturated rings. The Balaban J connectivity index is 2.34. The molecule has 0 unspecified atom stereocenters. The fourth-order valence-corrected chi connectivity index (χ4v) is 1.40. The maximum atomic E-state index is 11.4. The van der Waals surface area contributed by atoms with E-state index in [1.165, 1.54) is 0 Å². The van der Waals surface area contributed by atoms with Crippen molar-refractivity contribution in [2.45, 2.75) is 39.4 Å². The summed E-state index contributed by atoms with van der Waals surface area (Å²) in [6, 6.07) is 0.130. The first-order valence-electron chi connectivity index (χ1n) is 6.16. The minimum absolute atomic E-state index is 0.0246. The van der Waals surface area contributed by atoms with E-state index in [1.54, 1.807) is 10.9 Å². The Morgan fingerprint density at radius 2 is 2.16 bits per heavy atom. The van der Waals surface area contributed by atoms with E-state index in [4.69, 9.17) is 5.73 Å². The number of hydrogen-bond acceptors (Lipinski definition) is 5. The average molecular weight is 268 g/mol. The van der Waals surface area contributed by atoms with Crippen molar-refractivity contribution in [1.82, 2.24) is 25.6 Å². The fraction of sp³-hybridized carbons (Fsp3) is 0.636. The van der Waals surface area contributed by atoms with E-state index in [-0.39, 0.29) is 30.9 Å². The third kappa shape index (κ3) is 5.96. The van der Waals surface area contributed by atoms with Crippen molar-refractivity contribution in [2.75, 3.05) is 6.54 Å². The highest BCUT2D eigenvalue weighted by atomic mass is 16.2. The number of carbonyl (C=O) groups excluding carboxylic acids is 2. The molecule has 106 valence electrons. The standard InChI is InChI=1S/C11H20N6O2/c1-8(2)14-10(18)3-4-17-7-9(15-16-17)6-13-11(19)5-12/h7-8H,3-6,12H2,1-2H3,(H,13,19)(H,14,18). The Hall–Kier alpha value is -1.96. The molecular formula is C11H20N6O2. The fourth-order valence-electron chi connectivity index (χ4n) is 1.40. The van der Waals surface area contributed by atoms with E-state index in [9.17, 15) is 9.59 Å². The molecular weight excluding hydrogens is 248 g/mol. The quantitative estimate of drug-likeness (QED) is 0.572. The first-order valence-corrected chi connectivity index (χ1v) is 6.16. The van der Waals surface area contributed by atoms with Gasteiger partial charge < -0.3 is 16.4 Å². The molecule has 1 aromatic heterocycles. The van der Waals surface area contributed by atoms with Gasteiger partial charge in [-0.25, -0.2) is 0 Å². The van der Waals surface area contributed by atoms with Crippen LogP contribution < -0.4 is 16.4 Å². The van der Waals surface area contributed by atoms with Crippen LogP contribution in [0, 0.1) is 0 Å². The van der Waals surface area contributed by atoms with E-state index < -0.39 is 0 Å². The predicted octanol–water partition coefficient (Wildman–Crippen LogP) is -1.23. The molecule has 0 atom stereocenters. The van der Waals surface area contributed by atoms with E-state index in [0.29, 0.717) is 18.7 Å². The maximum Gasteiger partial charge on any atom is 0.234 e. The highest BCUT2D eigenvalue weighted by Crippen LogP contribution is 1.95. The van der Waals surface area contributed by atoms with Crippen molar-refractivity contribution in [1.29, 1.82) is 0 Å². The van der Waals surface area contributed by atoms with Crippen molar-refractivity contribution in [3.05, 3.63) is 11.9 Å². The van der Waals surface area contributed by atoms with Crippen molar-refractivity contribution in [3.63, 3.8) is 0 Å². The minimum atomic E-state index is -0.245. The maximum absolute atomic E-state index is 11.4. The summed E-state index contributed by atoms with van der Waals surface area (Å²) < 4.78 is 1.57. The summed E-state index contributed by atoms with van der Waals surface area (Å²) in [6.45, 7) is 4.51. The minimum Gasteiger partial charge on any atom is -0.354 e. The Labute approximate surface area is 111 Å². The first-order chi connectivity index (χ1) is 9.01. The molecule has 0 radical (unpaired) electrons. The third-order valence-corrected chi connectivity index (χ3v) is 2.26. The topological polar surface area (TPSA) is 115 Å². The summed E-state index contributed by atoms with van der Waals surface area (Å²) in [4.78, 5) is 22.4. The van der Waals surface area contributed by atoms with E-state index >= 15 is 0 Å². The summed E-state index contributed by atoms with van der Waals surface area (Å²) >= 11 is 0. The Morgan fingerprint density at radius 1 is 1.42 bits per heavy atom. The van der Waals surface area contributed by atoms with Gasteiger partial charge in [0, 0.05) is 12.5 Å². The van der Waals surface area contributed by atoms with Crippen LogP contribution in [0.3, 0.4) is 0 Å². The van der Waals surface area contributed by atoms with Gasteiger partial charge in [0.2, 0.25) is 11.8 Å². The zero-order valence-electron chi connectivity index (χ0n) is 11.2. The number of aryl methyl sites for hydroxylation is 1. The Bertz CT molecular complexity index is 429. The number of nitrogens with one attached hydrogen (secondary N) is 2. The molecule has 0 saturated carbocycles. The zero-order valence-corrected chi connectivity index (χ0v) is 11.2. The number of nitrogens with zero attached hydrogens (tertiary/aromatic N) is 3. The smallest absolute Gasteiger partial charge is 0.234 e. The number of hydrogen-bond donors (Lipinski definition) is 3. The van der Waals surface area contributed by atoms with Gasteiger partial charge in [-0.15, -0.1) is 5.10 Å². The summed E-state index contributed by atoms with van der Waals surface area (Å²) in [6.07, 6.45) is 2.04. The molecule has 1 aromatic rings. The normalized spacial score (nSPS) is 10.5. The molecule has 8 nitrogen and oxygen atoms in total. The van der Waals surface area contributed by atoms with Crippen LogP contribution in [0.5, 0.6) is 0 Å². The molecule has 4 N–H and O–H groups in total. The molecule has 0 aliphatic carbocycles. The van der Waals surface area contributed by atoms with Crippen LogP contribution in [0.2, 0.25) is 0 Å². The van der Waals surface area contributed by atoms with Crippen molar-refractivity contribution >= 4 is 11.8 Å². The van der Waals surface area contributed by atoms with Crippen molar-refractivity contribution in [2.24, 2.45) is 5.73 Å². The van der Waals surface area contributed by atoms with Crippen LogP contribution in [0.1, 0.15) is 26.0 Å². The van der Waals surface area contributed by atoms with Gasteiger partial charge in [0.05, 0.1) is 25.8 Å². The Kier molecular flexibility index (Phi) is 5.94. The van der Waals surface area contributed by atoms with Crippen LogP contribution >= 0.6 is 0 Å². The van der Waals surface area contributed by atoms with Gasteiger partial charge in [0.25, 0.3) is 0 Å². The average Bonchev–Trinajstić information content (AvgIpc) is 2.80. The molecule has 0 aliphatic rings. The van der Waals surface area contributed by atoms with Gasteiger partial charge in [-0.3, -0.25) is 14.3 Å². The van der Waals surface area contributed by atoms with E-state index in [0.717, 1.165) is 0 Å². The lowest BCUT2D eigenvalue weighted by molar-refractivity contribution is -0.122. The van der Waals surface area contributed by atoms with Crippen LogP contribution in [0.15, 0.2) is 6.20 Å².